The molecule has 150 heavy (non-hydrogen) atoms. The number of amides is 1. The number of nitrogens with zero attached hydrogens (tertiary/aromatic N) is 8. The van der Waals surface area contributed by atoms with E-state index in [-0.39, 0.29) is 85.5 Å². The molecule has 772 valence electrons. The Kier molecular flexibility index (Phi) is 38.5. The van der Waals surface area contributed by atoms with Gasteiger partial charge in [0.1, 0.15) is 49.8 Å². The van der Waals surface area contributed by atoms with Crippen LogP contribution >= 0.6 is 75.3 Å². The number of nitrogens with one attached hydrogen (secondary N) is 5. The van der Waals surface area contributed by atoms with Crippen molar-refractivity contribution in [2.24, 2.45) is 14.1 Å². The third-order valence-electron chi connectivity index (χ3n) is 20.3. The number of H-pyrrole nitrogens is 4. The van der Waals surface area contributed by atoms with Crippen molar-refractivity contribution in [3.63, 3.8) is 0 Å². The van der Waals surface area contributed by atoms with Gasteiger partial charge < -0.3 is 112 Å². The number of methoxy groups -OCH3 is 4. The van der Waals surface area contributed by atoms with E-state index in [2.05, 4.69) is 121 Å². The number of hydrogen-bond acceptors (Lipinski definition) is 37. The van der Waals surface area contributed by atoms with Gasteiger partial charge in [-0.3, -0.25) is 67.1 Å². The van der Waals surface area contributed by atoms with Crippen LogP contribution in [0.25, 0.3) is 121 Å². The Labute approximate surface area is 878 Å². The highest BCUT2D eigenvalue weighted by molar-refractivity contribution is 9.11. The van der Waals surface area contributed by atoms with E-state index in [0.717, 1.165) is 52.5 Å². The maximum absolute atomic E-state index is 11.6. The Bertz CT molecular complexity index is 8550. The molecule has 23 heterocycles. The summed E-state index contributed by atoms with van der Waals surface area (Å²) in [5.41, 5.74) is 4.28. The van der Waals surface area contributed by atoms with Crippen molar-refractivity contribution in [1.82, 2.24) is 64.2 Å². The normalized spacial score (nSPS) is 11.6. The van der Waals surface area contributed by atoms with Crippen molar-refractivity contribution in [1.29, 1.82) is 0 Å². The number of rotatable bonds is 12. The largest absolute Gasteiger partial charge is 0.480 e. The average molecular weight is 2330 g/mol. The molecule has 1 fully saturated rings. The summed E-state index contributed by atoms with van der Waals surface area (Å²) in [6.07, 6.45) is 26.5. The lowest BCUT2D eigenvalue weighted by Crippen LogP contribution is -2.52. The van der Waals surface area contributed by atoms with E-state index in [9.17, 15) is 71.9 Å². The van der Waals surface area contributed by atoms with Gasteiger partial charge in [-0.05, 0) is 140 Å². The first-order valence-electron chi connectivity index (χ1n) is 43.4. The summed E-state index contributed by atoms with van der Waals surface area (Å²) in [4.78, 5) is 194. The molecule has 23 rings (SSSR count). The number of aromatic amines is 4. The highest BCUT2D eigenvalue weighted by atomic mass is 79.9. The summed E-state index contributed by atoms with van der Waals surface area (Å²) in [5, 5.41) is 10.3. The van der Waals surface area contributed by atoms with Crippen LogP contribution in [0.5, 0.6) is 23.5 Å². The third kappa shape index (κ3) is 28.0. The highest BCUT2D eigenvalue weighted by Crippen LogP contribution is 2.32. The van der Waals surface area contributed by atoms with E-state index < -0.39 is 5.60 Å². The number of pyridine rings is 11. The van der Waals surface area contributed by atoms with E-state index in [4.69, 9.17) is 83.9 Å². The van der Waals surface area contributed by atoms with Crippen LogP contribution in [0.4, 0.5) is 4.79 Å². The summed E-state index contributed by atoms with van der Waals surface area (Å²) in [6.45, 7) is 10.0. The fourth-order valence-electron chi connectivity index (χ4n) is 13.6. The van der Waals surface area contributed by atoms with Crippen LogP contribution in [0.1, 0.15) is 112 Å². The molecule has 0 saturated carbocycles. The molecule has 22 aromatic heterocycles. The monoisotopic (exact) mass is 2320 g/mol. The summed E-state index contributed by atoms with van der Waals surface area (Å²) in [5.74, 6) is 3.65. The standard InChI is InChI=1S/C10H20N2O2.2C9H6BrNO3.2C9H7NO3.2C8H4BrNO3.2C8H5NO3.2C8H7NO2.C7H4ClNO/c1-8-7-12(6-5-11-8)9(13)14-10(2,3)4;2*1-11-3-7(10)8-6(9(11)13)2-5(4-12)14-8;2*1-12-9-7-4-6(5-11)13-8(7)2-3-10-9;2*9-6-2-10-8(12)5-1-4(3-11)13-7(5)6;2*10-4-5-3-6-7(12-5)1-2-9-8(6)11;2*1-10-8-6-3-5-11-7(6)2-4-9-8;8-7-5-2-4-10-6(5)1-3-9-7/h8,11H,5-7H2,1-4H3;2*2-4H,1H3;2*2-5H,1H3;2*1-3H,(H,10,12);2*1-4H,(H,9,11);2*2-5H,1H3;1-4H/t8-;;;;;;;;;;;/m1.........../s1. The first kappa shape index (κ1) is 111. The van der Waals surface area contributed by atoms with Crippen molar-refractivity contribution in [2.45, 2.75) is 39.3 Å². The molecular formula is C101H82Br4ClN13O31. The molecule has 1 atom stereocenters. The minimum absolute atomic E-state index is 0.146. The summed E-state index contributed by atoms with van der Waals surface area (Å²) in [6, 6.07) is 29.5. The fourth-order valence-corrected chi connectivity index (χ4v) is 15.8. The second-order valence-electron chi connectivity index (χ2n) is 31.5. The number of hydrogen-bond donors (Lipinski definition) is 5. The maximum atomic E-state index is 11.6. The van der Waals surface area contributed by atoms with Gasteiger partial charge in [-0.25, -0.2) is 29.7 Å². The SMILES string of the molecule is COc1nccc2oc(C=O)cc12.COc1nccc2oc(C=O)cc12.COc1nccc2occc12.COc1nccc2occc12.C[C@@H]1CN(C(=O)OC(C)(C)C)CCN1.Clc1nccc2occc12.Cn1cc(Br)c2oc(C=O)cc2c1=O.Cn1cc(Br)c2oc(C=O)cc2c1=O.O=Cc1cc2c(=O)[nH]cc(Br)c2o1.O=Cc1cc2c(=O)[nH]cc(Br)c2o1.O=Cc1cc2c(=O)[nH]ccc2o1.O=Cc1cc2c(=O)[nH]ccc2o1. The number of fused-ring (bicyclic) bond motifs is 11. The predicted octanol–water partition coefficient (Wildman–Crippen LogP) is 19.3. The second kappa shape index (κ2) is 51.9. The molecule has 0 aliphatic carbocycles. The number of halogens is 5. The first-order chi connectivity index (χ1) is 72.1. The zero-order chi connectivity index (χ0) is 108. The molecule has 44 nitrogen and oxygen atoms in total. The number of carbonyl (C=O) groups is 9. The van der Waals surface area contributed by atoms with E-state index in [1.807, 2.05) is 32.9 Å². The average Bonchev–Trinajstić information content (AvgIpc) is 1.64. The summed E-state index contributed by atoms with van der Waals surface area (Å²) >= 11 is 18.6. The van der Waals surface area contributed by atoms with Gasteiger partial charge >= 0.3 is 6.09 Å². The predicted molar refractivity (Wildman–Crippen MR) is 561 cm³/mol. The van der Waals surface area contributed by atoms with Gasteiger partial charge in [0.15, 0.2) is 119 Å². The topological polar surface area (TPSA) is 599 Å². The van der Waals surface area contributed by atoms with Crippen molar-refractivity contribution in [3.8, 4) is 23.5 Å². The first-order valence-corrected chi connectivity index (χ1v) is 47.0. The zero-order valence-electron chi connectivity index (χ0n) is 79.9. The Morgan fingerprint density at radius 3 is 1.00 bits per heavy atom. The van der Waals surface area contributed by atoms with E-state index in [1.165, 1.54) is 84.5 Å². The lowest BCUT2D eigenvalue weighted by atomic mass is 10.2. The van der Waals surface area contributed by atoms with Crippen LogP contribution in [-0.2, 0) is 18.8 Å². The number of ether oxygens (including phenoxy) is 5. The number of furan rings is 11. The minimum Gasteiger partial charge on any atom is -0.480 e. The van der Waals surface area contributed by atoms with Crippen molar-refractivity contribution < 1.29 is 115 Å². The van der Waals surface area contributed by atoms with Crippen LogP contribution in [0, 0.1) is 0 Å². The van der Waals surface area contributed by atoms with Gasteiger partial charge in [0.2, 0.25) is 23.5 Å². The lowest BCUT2D eigenvalue weighted by molar-refractivity contribution is 0.0200. The zero-order valence-corrected chi connectivity index (χ0v) is 87.0. The van der Waals surface area contributed by atoms with Gasteiger partial charge in [-0.1, -0.05) is 11.6 Å². The number of aldehydes is 8. The van der Waals surface area contributed by atoms with Gasteiger partial charge in [-0.2, -0.15) is 0 Å². The molecule has 0 aromatic carbocycles. The van der Waals surface area contributed by atoms with Crippen LogP contribution < -0.4 is 57.6 Å². The Morgan fingerprint density at radius 1 is 0.380 bits per heavy atom. The Hall–Kier alpha value is -17.6. The second-order valence-corrected chi connectivity index (χ2v) is 35.3. The molecular weight excluding hydrogens is 2250 g/mol. The Morgan fingerprint density at radius 2 is 0.673 bits per heavy atom. The minimum atomic E-state index is -0.398. The highest BCUT2D eigenvalue weighted by Gasteiger charge is 2.26. The Balaban J connectivity index is 0.000000145. The molecule has 1 aliphatic rings. The quantitative estimate of drug-likeness (QED) is 0.0560. The smallest absolute Gasteiger partial charge is 0.410 e. The van der Waals surface area contributed by atoms with E-state index in [1.54, 1.807) is 156 Å². The fraction of sp³-hybridized carbons (Fsp3) is 0.149. The number of aryl methyl sites for hydroxylation is 2. The maximum Gasteiger partial charge on any atom is 0.410 e. The molecule has 0 spiro atoms. The number of carbonyl (C=O) groups excluding carboxylic acids is 9. The van der Waals surface area contributed by atoms with Crippen molar-refractivity contribution in [3.05, 3.63) is 327 Å². The van der Waals surface area contributed by atoms with E-state index >= 15 is 0 Å². The van der Waals surface area contributed by atoms with Crippen LogP contribution in [0.3, 0.4) is 0 Å². The summed E-state index contributed by atoms with van der Waals surface area (Å²) in [7, 11) is 9.51. The van der Waals surface area contributed by atoms with Crippen LogP contribution in [0.15, 0.2) is 291 Å². The lowest BCUT2D eigenvalue weighted by Gasteiger charge is -2.33. The molecule has 0 bridgehead atoms. The molecule has 1 aliphatic heterocycles. The molecule has 1 amide bonds. The summed E-state index contributed by atoms with van der Waals surface area (Å²) < 4.78 is 86.9. The molecule has 0 radical (unpaired) electrons. The van der Waals surface area contributed by atoms with Gasteiger partial charge in [0.05, 0.1) is 124 Å². The van der Waals surface area contributed by atoms with Gasteiger partial charge in [0.25, 0.3) is 33.4 Å². The van der Waals surface area contributed by atoms with Gasteiger partial charge in [0, 0.05) is 169 Å². The molecule has 5 N–H and O–H groups in total. The van der Waals surface area contributed by atoms with Crippen LogP contribution in [0.2, 0.25) is 5.15 Å². The number of piperazine rings is 1. The molecule has 1 saturated heterocycles. The van der Waals surface area contributed by atoms with Crippen molar-refractivity contribution in [2.75, 3.05) is 48.1 Å². The van der Waals surface area contributed by atoms with Crippen LogP contribution in [-0.4, -0.2) is 175 Å². The van der Waals surface area contributed by atoms with Crippen molar-refractivity contribution >= 4 is 252 Å². The molecule has 22 aromatic rings. The van der Waals surface area contributed by atoms with E-state index in [0.29, 0.717) is 191 Å². The third-order valence-corrected chi connectivity index (χ3v) is 22.9. The molecule has 0 unspecified atom stereocenters. The van der Waals surface area contributed by atoms with Gasteiger partial charge in [-0.15, -0.1) is 0 Å². The number of aromatic nitrogens is 11. The molecule has 49 heteroatoms.